The van der Waals surface area contributed by atoms with Gasteiger partial charge in [-0.25, -0.2) is 4.98 Å². The molecule has 0 unspecified atom stereocenters. The van der Waals surface area contributed by atoms with E-state index in [1.807, 2.05) is 12.1 Å². The Labute approximate surface area is 76.7 Å². The topological polar surface area (TPSA) is 39.2 Å². The summed E-state index contributed by atoms with van der Waals surface area (Å²) >= 11 is 0. The lowest BCUT2D eigenvalue weighted by atomic mass is 9.95. The lowest BCUT2D eigenvalue weighted by Gasteiger charge is -2.13. The Morgan fingerprint density at radius 1 is 1.38 bits per heavy atom. The van der Waals surface area contributed by atoms with Crippen LogP contribution in [0, 0.1) is 0 Å². The molecule has 1 heterocycles. The second-order valence-electron chi connectivity index (χ2n) is 3.17. The highest BCUT2D eigenvalue weighted by atomic mass is 16.5. The van der Waals surface area contributed by atoms with E-state index in [0.29, 0.717) is 18.7 Å². The van der Waals surface area contributed by atoms with Gasteiger partial charge in [-0.2, -0.15) is 0 Å². The monoisotopic (exact) mass is 177 g/mol. The molecule has 3 heteroatoms. The number of pyridine rings is 1. The van der Waals surface area contributed by atoms with E-state index in [4.69, 9.17) is 4.74 Å². The van der Waals surface area contributed by atoms with Crippen molar-refractivity contribution in [3.63, 3.8) is 0 Å². The number of hydrogen-bond donors (Lipinski definition) is 0. The van der Waals surface area contributed by atoms with E-state index >= 15 is 0 Å². The van der Waals surface area contributed by atoms with Crippen LogP contribution in [0.15, 0.2) is 12.1 Å². The molecule has 1 aliphatic carbocycles. The number of ketones is 1. The molecular weight excluding hydrogens is 166 g/mol. The van der Waals surface area contributed by atoms with Crippen LogP contribution in [0.1, 0.15) is 17.7 Å². The van der Waals surface area contributed by atoms with Gasteiger partial charge < -0.3 is 4.74 Å². The maximum atomic E-state index is 11.1. The van der Waals surface area contributed by atoms with E-state index in [9.17, 15) is 4.79 Å². The summed E-state index contributed by atoms with van der Waals surface area (Å²) in [5.74, 6) is 0.863. The van der Waals surface area contributed by atoms with E-state index in [1.54, 1.807) is 7.11 Å². The molecule has 0 N–H and O–H groups in total. The van der Waals surface area contributed by atoms with Gasteiger partial charge >= 0.3 is 0 Å². The summed E-state index contributed by atoms with van der Waals surface area (Å²) in [6.07, 6.45) is 1.94. The summed E-state index contributed by atoms with van der Waals surface area (Å²) in [4.78, 5) is 15.4. The Bertz CT molecular complexity index is 347. The normalized spacial score (nSPS) is 15.3. The summed E-state index contributed by atoms with van der Waals surface area (Å²) in [6, 6.07) is 3.84. The molecule has 0 radical (unpaired) electrons. The number of methoxy groups -OCH3 is 1. The van der Waals surface area contributed by atoms with Crippen LogP contribution in [0.4, 0.5) is 0 Å². The van der Waals surface area contributed by atoms with Crippen LogP contribution in [-0.2, 0) is 17.6 Å². The molecular formula is C10H11NO2. The molecule has 2 rings (SSSR count). The van der Waals surface area contributed by atoms with E-state index in [-0.39, 0.29) is 5.78 Å². The zero-order valence-electron chi connectivity index (χ0n) is 7.54. The van der Waals surface area contributed by atoms with Gasteiger partial charge in [-0.05, 0) is 12.0 Å². The summed E-state index contributed by atoms with van der Waals surface area (Å²) in [5.41, 5.74) is 2.07. The Hall–Kier alpha value is -1.38. The highest BCUT2D eigenvalue weighted by Gasteiger charge is 2.16. The lowest BCUT2D eigenvalue weighted by molar-refractivity contribution is -0.118. The number of fused-ring (bicyclic) bond motifs is 1. The lowest BCUT2D eigenvalue weighted by Crippen LogP contribution is -2.14. The highest BCUT2D eigenvalue weighted by Crippen LogP contribution is 2.19. The summed E-state index contributed by atoms with van der Waals surface area (Å²) in [5, 5.41) is 0. The predicted molar refractivity (Wildman–Crippen MR) is 47.8 cm³/mol. The summed E-state index contributed by atoms with van der Waals surface area (Å²) in [6.45, 7) is 0. The average Bonchev–Trinajstić information content (AvgIpc) is 2.16. The van der Waals surface area contributed by atoms with Crippen molar-refractivity contribution in [3.05, 3.63) is 23.4 Å². The molecule has 3 nitrogen and oxygen atoms in total. The smallest absolute Gasteiger partial charge is 0.213 e. The maximum Gasteiger partial charge on any atom is 0.213 e. The highest BCUT2D eigenvalue weighted by molar-refractivity contribution is 5.82. The number of ether oxygens (including phenoxy) is 1. The molecule has 0 aliphatic heterocycles. The van der Waals surface area contributed by atoms with E-state index in [0.717, 1.165) is 12.1 Å². The number of aromatic nitrogens is 1. The molecule has 0 saturated carbocycles. The van der Waals surface area contributed by atoms with Gasteiger partial charge in [0, 0.05) is 18.9 Å². The predicted octanol–water partition coefficient (Wildman–Crippen LogP) is 1.15. The Morgan fingerprint density at radius 2 is 2.23 bits per heavy atom. The first-order chi connectivity index (χ1) is 6.29. The number of Topliss-reactive ketones (excluding diaryl/α,β-unsaturated/α-hetero) is 1. The molecule has 0 spiro atoms. The van der Waals surface area contributed by atoms with Crippen molar-refractivity contribution >= 4 is 5.78 Å². The summed E-state index contributed by atoms with van der Waals surface area (Å²) in [7, 11) is 1.58. The van der Waals surface area contributed by atoms with Gasteiger partial charge in [-0.15, -0.1) is 0 Å². The van der Waals surface area contributed by atoms with Crippen molar-refractivity contribution in [2.24, 2.45) is 0 Å². The second kappa shape index (κ2) is 3.17. The largest absolute Gasteiger partial charge is 0.481 e. The molecule has 68 valence electrons. The molecule has 0 aromatic carbocycles. The third-order valence-corrected chi connectivity index (χ3v) is 2.29. The number of hydrogen-bond acceptors (Lipinski definition) is 3. The fraction of sp³-hybridized carbons (Fsp3) is 0.400. The van der Waals surface area contributed by atoms with Gasteiger partial charge in [-0.3, -0.25) is 4.79 Å². The van der Waals surface area contributed by atoms with Crippen LogP contribution in [-0.4, -0.2) is 17.9 Å². The number of rotatable bonds is 1. The van der Waals surface area contributed by atoms with Crippen molar-refractivity contribution in [3.8, 4) is 5.88 Å². The van der Waals surface area contributed by atoms with Gasteiger partial charge in [0.2, 0.25) is 5.88 Å². The average molecular weight is 177 g/mol. The van der Waals surface area contributed by atoms with Crippen LogP contribution in [0.5, 0.6) is 5.88 Å². The van der Waals surface area contributed by atoms with Crippen LogP contribution >= 0.6 is 0 Å². The van der Waals surface area contributed by atoms with Crippen molar-refractivity contribution < 1.29 is 9.53 Å². The van der Waals surface area contributed by atoms with Gasteiger partial charge in [0.1, 0.15) is 5.78 Å². The fourth-order valence-electron chi connectivity index (χ4n) is 1.55. The number of carbonyl (C=O) groups excluding carboxylic acids is 1. The molecule has 0 amide bonds. The minimum Gasteiger partial charge on any atom is -0.481 e. The van der Waals surface area contributed by atoms with Crippen LogP contribution in [0.2, 0.25) is 0 Å². The van der Waals surface area contributed by atoms with Crippen molar-refractivity contribution in [1.82, 2.24) is 4.98 Å². The van der Waals surface area contributed by atoms with Crippen LogP contribution < -0.4 is 4.74 Å². The fourth-order valence-corrected chi connectivity index (χ4v) is 1.55. The Morgan fingerprint density at radius 3 is 3.00 bits per heavy atom. The number of nitrogens with zero attached hydrogens (tertiary/aromatic N) is 1. The van der Waals surface area contributed by atoms with Crippen LogP contribution in [0.25, 0.3) is 0 Å². The molecule has 0 fully saturated rings. The molecule has 1 aromatic rings. The van der Waals surface area contributed by atoms with E-state index in [2.05, 4.69) is 4.98 Å². The first-order valence-electron chi connectivity index (χ1n) is 4.34. The van der Waals surface area contributed by atoms with Crippen molar-refractivity contribution in [2.75, 3.05) is 7.11 Å². The minimum absolute atomic E-state index is 0.272. The third kappa shape index (κ3) is 1.54. The summed E-state index contributed by atoms with van der Waals surface area (Å²) < 4.78 is 4.99. The molecule has 1 aromatic heterocycles. The van der Waals surface area contributed by atoms with E-state index < -0.39 is 0 Å². The molecule has 0 atom stereocenters. The minimum atomic E-state index is 0.272. The molecule has 0 bridgehead atoms. The van der Waals surface area contributed by atoms with Crippen molar-refractivity contribution in [1.29, 1.82) is 0 Å². The number of aryl methyl sites for hydroxylation is 1. The standard InChI is InChI=1S/C10H11NO2/c1-13-10-5-3-7-2-4-8(12)6-9(7)11-10/h3,5H,2,4,6H2,1H3. The number of carbonyl (C=O) groups is 1. The Kier molecular flexibility index (Phi) is 2.00. The van der Waals surface area contributed by atoms with Gasteiger partial charge in [0.05, 0.1) is 12.8 Å². The Balaban J connectivity index is 2.38. The first kappa shape index (κ1) is 8.23. The zero-order valence-corrected chi connectivity index (χ0v) is 7.54. The third-order valence-electron chi connectivity index (χ3n) is 2.29. The van der Waals surface area contributed by atoms with Gasteiger partial charge in [0.15, 0.2) is 0 Å². The molecule has 0 saturated heterocycles. The quantitative estimate of drug-likeness (QED) is 0.646. The molecule has 1 aliphatic rings. The first-order valence-corrected chi connectivity index (χ1v) is 4.34. The molecule has 13 heavy (non-hydrogen) atoms. The SMILES string of the molecule is COc1ccc2c(n1)CC(=O)CC2. The second-order valence-corrected chi connectivity index (χ2v) is 3.17. The zero-order chi connectivity index (χ0) is 9.26. The van der Waals surface area contributed by atoms with Crippen LogP contribution in [0.3, 0.4) is 0 Å². The van der Waals surface area contributed by atoms with E-state index in [1.165, 1.54) is 5.56 Å². The van der Waals surface area contributed by atoms with Gasteiger partial charge in [-0.1, -0.05) is 6.07 Å². The maximum absolute atomic E-state index is 11.1. The van der Waals surface area contributed by atoms with Gasteiger partial charge in [0.25, 0.3) is 0 Å². The van der Waals surface area contributed by atoms with Crippen molar-refractivity contribution in [2.45, 2.75) is 19.3 Å².